The molecule has 0 aromatic carbocycles. The molecule has 0 aliphatic rings. The summed E-state index contributed by atoms with van der Waals surface area (Å²) in [5, 5.41) is 0. The molecule has 0 bridgehead atoms. The summed E-state index contributed by atoms with van der Waals surface area (Å²) in [7, 11) is 6.64. The second-order valence-corrected chi connectivity index (χ2v) is 2.79. The van der Waals surface area contributed by atoms with Crippen LogP contribution in [0.2, 0.25) is 0 Å². The van der Waals surface area contributed by atoms with Crippen LogP contribution in [0.1, 0.15) is 6.42 Å². The Labute approximate surface area is 80.1 Å². The predicted molar refractivity (Wildman–Crippen MR) is 50.0 cm³/mol. The lowest BCUT2D eigenvalue weighted by atomic mass is 10.1. The third-order valence-electron chi connectivity index (χ3n) is 1.96. The zero-order valence-electron chi connectivity index (χ0n) is 8.91. The predicted octanol–water partition coefficient (Wildman–Crippen LogP) is 0.699. The van der Waals surface area contributed by atoms with Crippen molar-refractivity contribution < 1.29 is 18.9 Å². The smallest absolute Gasteiger partial charge is 0.107 e. The highest BCUT2D eigenvalue weighted by Gasteiger charge is 2.20. The molecule has 0 aliphatic carbocycles. The van der Waals surface area contributed by atoms with Crippen LogP contribution in [-0.4, -0.2) is 53.9 Å². The van der Waals surface area contributed by atoms with E-state index in [4.69, 9.17) is 18.9 Å². The fourth-order valence-corrected chi connectivity index (χ4v) is 1.18. The van der Waals surface area contributed by atoms with E-state index in [9.17, 15) is 0 Å². The van der Waals surface area contributed by atoms with Gasteiger partial charge in [0.05, 0.1) is 12.7 Å². The molecular formula is C9H20O4. The summed E-state index contributed by atoms with van der Waals surface area (Å²) in [6.07, 6.45) is 0.824. The maximum absolute atomic E-state index is 5.27. The summed E-state index contributed by atoms with van der Waals surface area (Å²) in [5.74, 6) is 0. The van der Waals surface area contributed by atoms with Gasteiger partial charge in [0.25, 0.3) is 0 Å². The summed E-state index contributed by atoms with van der Waals surface area (Å²) >= 11 is 0. The van der Waals surface area contributed by atoms with Crippen molar-refractivity contribution in [2.24, 2.45) is 0 Å². The summed E-state index contributed by atoms with van der Waals surface area (Å²) < 4.78 is 20.5. The first kappa shape index (κ1) is 12.8. The van der Waals surface area contributed by atoms with Crippen molar-refractivity contribution in [1.82, 2.24) is 0 Å². The maximum Gasteiger partial charge on any atom is 0.107 e. The summed E-state index contributed by atoms with van der Waals surface area (Å²) in [4.78, 5) is 0. The molecule has 0 saturated carbocycles. The van der Waals surface area contributed by atoms with Gasteiger partial charge in [-0.3, -0.25) is 0 Å². The SMILES string of the molecule is COCCC(OC)C(COC)OC. The Morgan fingerprint density at radius 3 is 1.85 bits per heavy atom. The van der Waals surface area contributed by atoms with E-state index in [-0.39, 0.29) is 12.2 Å². The van der Waals surface area contributed by atoms with Crippen LogP contribution in [0.25, 0.3) is 0 Å². The molecule has 0 spiro atoms. The number of hydrogen-bond acceptors (Lipinski definition) is 4. The molecule has 0 rings (SSSR count). The highest BCUT2D eigenvalue weighted by molar-refractivity contribution is 4.69. The number of rotatable bonds is 8. The third kappa shape index (κ3) is 5.21. The Morgan fingerprint density at radius 1 is 0.846 bits per heavy atom. The third-order valence-corrected chi connectivity index (χ3v) is 1.96. The minimum Gasteiger partial charge on any atom is -0.385 e. The minimum absolute atomic E-state index is 0.0230. The Morgan fingerprint density at radius 2 is 1.46 bits per heavy atom. The average Bonchev–Trinajstić information content (AvgIpc) is 2.17. The lowest BCUT2D eigenvalue weighted by molar-refractivity contribution is -0.0761. The standard InChI is InChI=1S/C9H20O4/c1-10-6-5-8(12-3)9(13-4)7-11-2/h8-9H,5-7H2,1-4H3. The molecule has 0 fully saturated rings. The molecule has 0 aromatic rings. The first-order valence-corrected chi connectivity index (χ1v) is 4.33. The fourth-order valence-electron chi connectivity index (χ4n) is 1.18. The zero-order chi connectivity index (χ0) is 10.1. The van der Waals surface area contributed by atoms with E-state index in [1.165, 1.54) is 0 Å². The summed E-state index contributed by atoms with van der Waals surface area (Å²) in [5.41, 5.74) is 0. The van der Waals surface area contributed by atoms with Gasteiger partial charge in [0, 0.05) is 35.0 Å². The molecule has 0 amide bonds. The second kappa shape index (κ2) is 8.44. The minimum atomic E-state index is -0.0230. The van der Waals surface area contributed by atoms with Crippen molar-refractivity contribution in [2.45, 2.75) is 18.6 Å². The van der Waals surface area contributed by atoms with Gasteiger partial charge in [0.1, 0.15) is 6.10 Å². The Hall–Kier alpha value is -0.160. The van der Waals surface area contributed by atoms with Gasteiger partial charge in [-0.15, -0.1) is 0 Å². The molecule has 0 saturated heterocycles. The first-order chi connectivity index (χ1) is 6.29. The largest absolute Gasteiger partial charge is 0.385 e. The van der Waals surface area contributed by atoms with Crippen molar-refractivity contribution in [3.63, 3.8) is 0 Å². The van der Waals surface area contributed by atoms with E-state index in [0.717, 1.165) is 6.42 Å². The van der Waals surface area contributed by atoms with E-state index in [0.29, 0.717) is 13.2 Å². The summed E-state index contributed by atoms with van der Waals surface area (Å²) in [6, 6.07) is 0. The van der Waals surface area contributed by atoms with Crippen LogP contribution in [0, 0.1) is 0 Å². The molecule has 2 unspecified atom stereocenters. The van der Waals surface area contributed by atoms with Gasteiger partial charge >= 0.3 is 0 Å². The molecule has 2 atom stereocenters. The molecular weight excluding hydrogens is 172 g/mol. The lowest BCUT2D eigenvalue weighted by Crippen LogP contribution is -2.34. The van der Waals surface area contributed by atoms with Crippen molar-refractivity contribution in [1.29, 1.82) is 0 Å². The van der Waals surface area contributed by atoms with Gasteiger partial charge in [-0.1, -0.05) is 0 Å². The molecule has 4 heteroatoms. The first-order valence-electron chi connectivity index (χ1n) is 4.33. The van der Waals surface area contributed by atoms with Gasteiger partial charge in [-0.2, -0.15) is 0 Å². The van der Waals surface area contributed by atoms with Crippen molar-refractivity contribution in [2.75, 3.05) is 41.7 Å². The van der Waals surface area contributed by atoms with Gasteiger partial charge in [-0.25, -0.2) is 0 Å². The second-order valence-electron chi connectivity index (χ2n) is 2.79. The van der Waals surface area contributed by atoms with Gasteiger partial charge < -0.3 is 18.9 Å². The van der Waals surface area contributed by atoms with Gasteiger partial charge in [0.15, 0.2) is 0 Å². The number of ether oxygens (including phenoxy) is 4. The topological polar surface area (TPSA) is 36.9 Å². The maximum atomic E-state index is 5.27. The molecule has 0 aromatic heterocycles. The lowest BCUT2D eigenvalue weighted by Gasteiger charge is -2.23. The molecule has 4 nitrogen and oxygen atoms in total. The van der Waals surface area contributed by atoms with Crippen LogP contribution in [0.3, 0.4) is 0 Å². The quantitative estimate of drug-likeness (QED) is 0.567. The molecule has 0 N–H and O–H groups in total. The molecule has 0 radical (unpaired) electrons. The van der Waals surface area contributed by atoms with Crippen LogP contribution in [0.4, 0.5) is 0 Å². The van der Waals surface area contributed by atoms with E-state index in [2.05, 4.69) is 0 Å². The Bertz CT molecular complexity index is 108. The van der Waals surface area contributed by atoms with E-state index >= 15 is 0 Å². The van der Waals surface area contributed by atoms with E-state index in [1.807, 2.05) is 0 Å². The number of hydrogen-bond donors (Lipinski definition) is 0. The average molecular weight is 192 g/mol. The van der Waals surface area contributed by atoms with E-state index < -0.39 is 0 Å². The van der Waals surface area contributed by atoms with Gasteiger partial charge in [-0.05, 0) is 6.42 Å². The number of methoxy groups -OCH3 is 4. The monoisotopic (exact) mass is 192 g/mol. The fraction of sp³-hybridized carbons (Fsp3) is 1.00. The normalized spacial score (nSPS) is 15.7. The van der Waals surface area contributed by atoms with Crippen LogP contribution in [0.5, 0.6) is 0 Å². The molecule has 0 aliphatic heterocycles. The van der Waals surface area contributed by atoms with E-state index in [1.54, 1.807) is 28.4 Å². The van der Waals surface area contributed by atoms with Crippen LogP contribution >= 0.6 is 0 Å². The molecule has 80 valence electrons. The highest BCUT2D eigenvalue weighted by atomic mass is 16.6. The van der Waals surface area contributed by atoms with Gasteiger partial charge in [0.2, 0.25) is 0 Å². The zero-order valence-corrected chi connectivity index (χ0v) is 8.91. The van der Waals surface area contributed by atoms with Crippen molar-refractivity contribution in [3.8, 4) is 0 Å². The van der Waals surface area contributed by atoms with Crippen LogP contribution in [0.15, 0.2) is 0 Å². The Kier molecular flexibility index (Phi) is 8.33. The van der Waals surface area contributed by atoms with Crippen molar-refractivity contribution in [3.05, 3.63) is 0 Å². The summed E-state index contributed by atoms with van der Waals surface area (Å²) in [6.45, 7) is 1.21. The molecule has 13 heavy (non-hydrogen) atoms. The van der Waals surface area contributed by atoms with Crippen molar-refractivity contribution >= 4 is 0 Å². The van der Waals surface area contributed by atoms with Crippen LogP contribution < -0.4 is 0 Å². The van der Waals surface area contributed by atoms with Crippen LogP contribution in [-0.2, 0) is 18.9 Å². The highest BCUT2D eigenvalue weighted by Crippen LogP contribution is 2.07. The molecule has 0 heterocycles. The Balaban J connectivity index is 3.84.